The fraction of sp³-hybridized carbons (Fsp3) is 0.308. The molecule has 2 heterocycles. The van der Waals surface area contributed by atoms with E-state index in [1.165, 1.54) is 16.7 Å². The SMILES string of the molecule is O=C(NCCc1ccccc1)C1CCN(Cc2ccccc2-c2cccnc2)CC1. The minimum absolute atomic E-state index is 0.130. The van der Waals surface area contributed by atoms with Crippen LogP contribution in [0.25, 0.3) is 11.1 Å². The molecule has 0 atom stereocenters. The first kappa shape index (κ1) is 20.3. The zero-order valence-electron chi connectivity index (χ0n) is 17.3. The van der Waals surface area contributed by atoms with Gasteiger partial charge in [-0.1, -0.05) is 60.7 Å². The lowest BCUT2D eigenvalue weighted by atomic mass is 9.94. The molecule has 0 aliphatic carbocycles. The molecular weight excluding hydrogens is 370 g/mol. The van der Waals surface area contributed by atoms with E-state index in [0.29, 0.717) is 6.54 Å². The Labute approximate surface area is 179 Å². The van der Waals surface area contributed by atoms with Gasteiger partial charge >= 0.3 is 0 Å². The van der Waals surface area contributed by atoms with Gasteiger partial charge in [-0.25, -0.2) is 0 Å². The predicted molar refractivity (Wildman–Crippen MR) is 121 cm³/mol. The molecule has 1 amide bonds. The number of likely N-dealkylation sites (tertiary alicyclic amines) is 1. The number of piperidine rings is 1. The normalized spacial score (nSPS) is 15.1. The maximum atomic E-state index is 12.6. The van der Waals surface area contributed by atoms with E-state index in [9.17, 15) is 4.79 Å². The van der Waals surface area contributed by atoms with Gasteiger partial charge in [-0.15, -0.1) is 0 Å². The maximum Gasteiger partial charge on any atom is 0.223 e. The topological polar surface area (TPSA) is 45.2 Å². The number of hydrogen-bond acceptors (Lipinski definition) is 3. The number of pyridine rings is 1. The van der Waals surface area contributed by atoms with E-state index in [4.69, 9.17) is 0 Å². The maximum absolute atomic E-state index is 12.6. The fourth-order valence-electron chi connectivity index (χ4n) is 4.18. The van der Waals surface area contributed by atoms with Gasteiger partial charge in [0.2, 0.25) is 5.91 Å². The van der Waals surface area contributed by atoms with Crippen molar-refractivity contribution in [2.45, 2.75) is 25.8 Å². The molecule has 0 spiro atoms. The van der Waals surface area contributed by atoms with E-state index in [1.807, 2.05) is 36.7 Å². The number of carbonyl (C=O) groups excluding carboxylic acids is 1. The Morgan fingerprint density at radius 3 is 2.50 bits per heavy atom. The average molecular weight is 400 g/mol. The van der Waals surface area contributed by atoms with Gasteiger partial charge in [-0.3, -0.25) is 14.7 Å². The van der Waals surface area contributed by atoms with Crippen LogP contribution < -0.4 is 5.32 Å². The second kappa shape index (κ2) is 10.2. The molecule has 0 radical (unpaired) electrons. The van der Waals surface area contributed by atoms with Crippen molar-refractivity contribution in [2.75, 3.05) is 19.6 Å². The van der Waals surface area contributed by atoms with Crippen LogP contribution in [0.5, 0.6) is 0 Å². The van der Waals surface area contributed by atoms with E-state index < -0.39 is 0 Å². The number of aromatic nitrogens is 1. The summed E-state index contributed by atoms with van der Waals surface area (Å²) in [5.74, 6) is 0.340. The predicted octanol–water partition coefficient (Wildman–Crippen LogP) is 4.32. The van der Waals surface area contributed by atoms with Gasteiger partial charge in [0, 0.05) is 37.0 Å². The Bertz CT molecular complexity index is 935. The Morgan fingerprint density at radius 1 is 0.967 bits per heavy atom. The monoisotopic (exact) mass is 399 g/mol. The minimum Gasteiger partial charge on any atom is -0.356 e. The summed E-state index contributed by atoms with van der Waals surface area (Å²) in [5.41, 5.74) is 4.98. The molecule has 1 aliphatic rings. The fourth-order valence-corrected chi connectivity index (χ4v) is 4.18. The molecule has 1 aliphatic heterocycles. The third kappa shape index (κ3) is 5.33. The lowest BCUT2D eigenvalue weighted by Gasteiger charge is -2.31. The Morgan fingerprint density at radius 2 is 1.73 bits per heavy atom. The highest BCUT2D eigenvalue weighted by Gasteiger charge is 2.25. The lowest BCUT2D eigenvalue weighted by molar-refractivity contribution is -0.126. The van der Waals surface area contributed by atoms with Crippen molar-refractivity contribution in [2.24, 2.45) is 5.92 Å². The second-order valence-corrected chi connectivity index (χ2v) is 7.98. The Hall–Kier alpha value is -2.98. The number of benzene rings is 2. The van der Waals surface area contributed by atoms with Crippen molar-refractivity contribution >= 4 is 5.91 Å². The lowest BCUT2D eigenvalue weighted by Crippen LogP contribution is -2.40. The summed E-state index contributed by atoms with van der Waals surface area (Å²) >= 11 is 0. The van der Waals surface area contributed by atoms with Gasteiger partial charge < -0.3 is 5.32 Å². The Kier molecular flexibility index (Phi) is 6.88. The number of carbonyl (C=O) groups is 1. The van der Waals surface area contributed by atoms with Crippen molar-refractivity contribution in [3.05, 3.63) is 90.3 Å². The third-order valence-corrected chi connectivity index (χ3v) is 5.90. The second-order valence-electron chi connectivity index (χ2n) is 7.98. The summed E-state index contributed by atoms with van der Waals surface area (Å²) in [6, 6.07) is 22.9. The molecule has 3 aromatic rings. The molecule has 0 saturated carbocycles. The van der Waals surface area contributed by atoms with Crippen LogP contribution in [0.1, 0.15) is 24.0 Å². The van der Waals surface area contributed by atoms with Crippen LogP contribution in [0.3, 0.4) is 0 Å². The van der Waals surface area contributed by atoms with Gasteiger partial charge in [0.05, 0.1) is 0 Å². The van der Waals surface area contributed by atoms with Crippen LogP contribution in [0.4, 0.5) is 0 Å². The molecule has 1 fully saturated rings. The number of nitrogens with zero attached hydrogens (tertiary/aromatic N) is 2. The molecule has 2 aromatic carbocycles. The average Bonchev–Trinajstić information content (AvgIpc) is 2.81. The number of nitrogens with one attached hydrogen (secondary N) is 1. The van der Waals surface area contributed by atoms with Crippen LogP contribution in [0.15, 0.2) is 79.1 Å². The summed E-state index contributed by atoms with van der Waals surface area (Å²) < 4.78 is 0. The standard InChI is InChI=1S/C26H29N3O/c30-26(28-16-12-21-7-2-1-3-8-21)22-13-17-29(18-14-22)20-24-9-4-5-11-25(24)23-10-6-15-27-19-23/h1-11,15,19,22H,12-14,16-18,20H2,(H,28,30). The number of rotatable bonds is 7. The van der Waals surface area contributed by atoms with Crippen molar-refractivity contribution < 1.29 is 4.79 Å². The summed E-state index contributed by atoms with van der Waals surface area (Å²) in [7, 11) is 0. The summed E-state index contributed by atoms with van der Waals surface area (Å²) in [5, 5.41) is 3.13. The molecule has 1 aromatic heterocycles. The van der Waals surface area contributed by atoms with E-state index in [0.717, 1.165) is 44.5 Å². The molecule has 4 nitrogen and oxygen atoms in total. The number of hydrogen-bond donors (Lipinski definition) is 1. The summed E-state index contributed by atoms with van der Waals surface area (Å²) in [6.07, 6.45) is 6.46. The molecule has 0 bridgehead atoms. The van der Waals surface area contributed by atoms with Crippen molar-refractivity contribution in [3.63, 3.8) is 0 Å². The highest BCUT2D eigenvalue weighted by atomic mass is 16.1. The van der Waals surface area contributed by atoms with Gasteiger partial charge in [0.15, 0.2) is 0 Å². The molecule has 30 heavy (non-hydrogen) atoms. The molecule has 4 heteroatoms. The minimum atomic E-state index is 0.130. The van der Waals surface area contributed by atoms with Crippen molar-refractivity contribution in [3.8, 4) is 11.1 Å². The third-order valence-electron chi connectivity index (χ3n) is 5.90. The van der Waals surface area contributed by atoms with Crippen LogP contribution in [0.2, 0.25) is 0 Å². The molecule has 4 rings (SSSR count). The van der Waals surface area contributed by atoms with E-state index in [2.05, 4.69) is 57.7 Å². The molecule has 1 N–H and O–H groups in total. The molecule has 154 valence electrons. The summed E-state index contributed by atoms with van der Waals surface area (Å²) in [4.78, 5) is 19.3. The molecular formula is C26H29N3O. The smallest absolute Gasteiger partial charge is 0.223 e. The van der Waals surface area contributed by atoms with E-state index in [1.54, 1.807) is 0 Å². The van der Waals surface area contributed by atoms with E-state index >= 15 is 0 Å². The van der Waals surface area contributed by atoms with Gasteiger partial charge in [-0.2, -0.15) is 0 Å². The zero-order chi connectivity index (χ0) is 20.6. The largest absolute Gasteiger partial charge is 0.356 e. The van der Waals surface area contributed by atoms with Crippen LogP contribution in [-0.2, 0) is 17.8 Å². The van der Waals surface area contributed by atoms with Gasteiger partial charge in [0.25, 0.3) is 0 Å². The highest BCUT2D eigenvalue weighted by Crippen LogP contribution is 2.26. The van der Waals surface area contributed by atoms with Crippen LogP contribution in [0, 0.1) is 5.92 Å². The molecule has 0 unspecified atom stereocenters. The van der Waals surface area contributed by atoms with Gasteiger partial charge in [-0.05, 0) is 55.1 Å². The first-order valence-corrected chi connectivity index (χ1v) is 10.8. The van der Waals surface area contributed by atoms with Crippen molar-refractivity contribution in [1.82, 2.24) is 15.2 Å². The first-order valence-electron chi connectivity index (χ1n) is 10.8. The van der Waals surface area contributed by atoms with Crippen LogP contribution >= 0.6 is 0 Å². The zero-order valence-corrected chi connectivity index (χ0v) is 17.3. The summed E-state index contributed by atoms with van der Waals surface area (Å²) in [6.45, 7) is 3.53. The van der Waals surface area contributed by atoms with E-state index in [-0.39, 0.29) is 11.8 Å². The molecule has 1 saturated heterocycles. The Balaban J connectivity index is 1.27. The van der Waals surface area contributed by atoms with Crippen molar-refractivity contribution in [1.29, 1.82) is 0 Å². The first-order chi connectivity index (χ1) is 14.8. The van der Waals surface area contributed by atoms with Crippen LogP contribution in [-0.4, -0.2) is 35.4 Å². The number of amides is 1. The quantitative estimate of drug-likeness (QED) is 0.644. The van der Waals surface area contributed by atoms with Gasteiger partial charge in [0.1, 0.15) is 0 Å². The highest BCUT2D eigenvalue weighted by molar-refractivity contribution is 5.78.